The topological polar surface area (TPSA) is 77.5 Å². The number of likely N-dealkylation sites (tertiary alicyclic amines) is 2. The summed E-state index contributed by atoms with van der Waals surface area (Å²) in [7, 11) is 0. The van der Waals surface area contributed by atoms with Crippen molar-refractivity contribution in [1.29, 1.82) is 0 Å². The first kappa shape index (κ1) is 25.4. The van der Waals surface area contributed by atoms with E-state index in [-0.39, 0.29) is 30.1 Å². The van der Waals surface area contributed by atoms with Crippen molar-refractivity contribution in [3.05, 3.63) is 0 Å². The van der Waals surface area contributed by atoms with Crippen LogP contribution in [0.5, 0.6) is 0 Å². The third-order valence-electron chi connectivity index (χ3n) is 6.50. The Labute approximate surface area is 192 Å². The summed E-state index contributed by atoms with van der Waals surface area (Å²) in [6.45, 7) is 13.4. The van der Waals surface area contributed by atoms with E-state index >= 15 is 0 Å². The van der Waals surface area contributed by atoms with Crippen molar-refractivity contribution in [3.8, 4) is 0 Å². The molecule has 1 aliphatic carbocycles. The molecule has 0 aromatic heterocycles. The second-order valence-electron chi connectivity index (χ2n) is 10.1. The van der Waals surface area contributed by atoms with E-state index < -0.39 is 11.4 Å². The first-order valence-corrected chi connectivity index (χ1v) is 12.4. The van der Waals surface area contributed by atoms with Crippen molar-refractivity contribution in [3.63, 3.8) is 0 Å². The summed E-state index contributed by atoms with van der Waals surface area (Å²) >= 11 is 0. The SMILES string of the molecule is CCOC(=O)C1CCC(OC(C(=O)OC(C)(C)C)(N2CCCC2)N2CC(OCC)C2)CC1. The average Bonchev–Trinajstić information content (AvgIpc) is 3.23. The van der Waals surface area contributed by atoms with Gasteiger partial charge < -0.3 is 18.9 Å². The highest BCUT2D eigenvalue weighted by atomic mass is 16.6. The average molecular weight is 455 g/mol. The lowest BCUT2D eigenvalue weighted by atomic mass is 9.87. The van der Waals surface area contributed by atoms with Gasteiger partial charge in [0.15, 0.2) is 0 Å². The number of rotatable bonds is 9. The summed E-state index contributed by atoms with van der Waals surface area (Å²) in [5.41, 5.74) is -0.614. The Morgan fingerprint density at radius 2 is 1.50 bits per heavy atom. The van der Waals surface area contributed by atoms with Crippen molar-refractivity contribution in [2.24, 2.45) is 5.92 Å². The predicted octanol–water partition coefficient (Wildman–Crippen LogP) is 2.94. The van der Waals surface area contributed by atoms with Crippen LogP contribution in [0.3, 0.4) is 0 Å². The summed E-state index contributed by atoms with van der Waals surface area (Å²) in [4.78, 5) is 30.2. The Hall–Kier alpha value is -1.22. The van der Waals surface area contributed by atoms with E-state index in [1.807, 2.05) is 34.6 Å². The molecule has 8 nitrogen and oxygen atoms in total. The molecule has 8 heteroatoms. The maximum Gasteiger partial charge on any atom is 0.371 e. The molecule has 3 fully saturated rings. The zero-order valence-corrected chi connectivity index (χ0v) is 20.6. The van der Waals surface area contributed by atoms with Gasteiger partial charge in [-0.2, -0.15) is 0 Å². The molecule has 184 valence electrons. The standard InChI is InChI=1S/C24H42N2O6/c1-6-29-20-16-26(17-20)24(25-14-8-9-15-25,22(28)32-23(3,4)5)31-19-12-10-18(11-13-19)21(27)30-7-2/h18-20H,6-17H2,1-5H3. The Balaban J connectivity index is 1.79. The molecule has 0 aromatic rings. The minimum atomic E-state index is -1.24. The number of hydrogen-bond donors (Lipinski definition) is 0. The van der Waals surface area contributed by atoms with Gasteiger partial charge in [-0.3, -0.25) is 9.69 Å². The molecule has 1 unspecified atom stereocenters. The molecule has 0 N–H and O–H groups in total. The van der Waals surface area contributed by atoms with Crippen LogP contribution in [0, 0.1) is 5.92 Å². The number of esters is 2. The Morgan fingerprint density at radius 1 is 0.875 bits per heavy atom. The van der Waals surface area contributed by atoms with Gasteiger partial charge in [0, 0.05) is 32.8 Å². The van der Waals surface area contributed by atoms with E-state index in [0.29, 0.717) is 26.3 Å². The second-order valence-corrected chi connectivity index (χ2v) is 10.1. The molecule has 0 radical (unpaired) electrons. The molecule has 0 bridgehead atoms. The van der Waals surface area contributed by atoms with Crippen LogP contribution in [0.1, 0.15) is 73.1 Å². The van der Waals surface area contributed by atoms with Crippen molar-refractivity contribution >= 4 is 11.9 Å². The van der Waals surface area contributed by atoms with Crippen molar-refractivity contribution < 1.29 is 28.5 Å². The summed E-state index contributed by atoms with van der Waals surface area (Å²) in [5, 5.41) is 0. The molecule has 3 aliphatic rings. The summed E-state index contributed by atoms with van der Waals surface area (Å²) in [6, 6.07) is 0. The Morgan fingerprint density at radius 3 is 2.03 bits per heavy atom. The molecule has 2 heterocycles. The molecule has 1 saturated carbocycles. The molecular weight excluding hydrogens is 412 g/mol. The molecule has 0 spiro atoms. The minimum Gasteiger partial charge on any atom is -0.466 e. The van der Waals surface area contributed by atoms with Gasteiger partial charge in [0.1, 0.15) is 5.60 Å². The fourth-order valence-corrected chi connectivity index (χ4v) is 4.96. The normalized spacial score (nSPS) is 27.5. The highest BCUT2D eigenvalue weighted by Gasteiger charge is 2.58. The Bertz CT molecular complexity index is 631. The van der Waals surface area contributed by atoms with Crippen LogP contribution in [0.4, 0.5) is 0 Å². The lowest BCUT2D eigenvalue weighted by Gasteiger charge is -2.54. The van der Waals surface area contributed by atoms with Gasteiger partial charge in [-0.05, 0) is 73.1 Å². The van der Waals surface area contributed by atoms with Crippen LogP contribution < -0.4 is 0 Å². The van der Waals surface area contributed by atoms with Crippen molar-refractivity contribution in [2.45, 2.75) is 96.8 Å². The highest BCUT2D eigenvalue weighted by molar-refractivity contribution is 5.79. The van der Waals surface area contributed by atoms with Crippen LogP contribution in [0.15, 0.2) is 0 Å². The first-order chi connectivity index (χ1) is 15.2. The largest absolute Gasteiger partial charge is 0.466 e. The van der Waals surface area contributed by atoms with Gasteiger partial charge in [-0.25, -0.2) is 9.69 Å². The molecule has 0 amide bonds. The van der Waals surface area contributed by atoms with E-state index in [1.165, 1.54) is 0 Å². The van der Waals surface area contributed by atoms with E-state index in [0.717, 1.165) is 51.6 Å². The van der Waals surface area contributed by atoms with Gasteiger partial charge in [-0.15, -0.1) is 0 Å². The number of carbonyl (C=O) groups is 2. The van der Waals surface area contributed by atoms with Gasteiger partial charge in [-0.1, -0.05) is 0 Å². The third-order valence-corrected chi connectivity index (χ3v) is 6.50. The molecular formula is C24H42N2O6. The monoisotopic (exact) mass is 454 g/mol. The molecule has 32 heavy (non-hydrogen) atoms. The van der Waals surface area contributed by atoms with Gasteiger partial charge >= 0.3 is 11.9 Å². The van der Waals surface area contributed by atoms with Crippen LogP contribution in [0.2, 0.25) is 0 Å². The number of hydrogen-bond acceptors (Lipinski definition) is 8. The summed E-state index contributed by atoms with van der Waals surface area (Å²) in [5.74, 6) is -1.77. The number of carbonyl (C=O) groups excluding carboxylic acids is 2. The van der Waals surface area contributed by atoms with Crippen LogP contribution in [0.25, 0.3) is 0 Å². The maximum absolute atomic E-state index is 13.8. The summed E-state index contributed by atoms with van der Waals surface area (Å²) < 4.78 is 23.7. The molecule has 3 rings (SSSR count). The van der Waals surface area contributed by atoms with E-state index in [9.17, 15) is 9.59 Å². The number of ether oxygens (including phenoxy) is 4. The van der Waals surface area contributed by atoms with Gasteiger partial charge in [0.05, 0.1) is 24.7 Å². The molecule has 0 aromatic carbocycles. The molecule has 1 atom stereocenters. The van der Waals surface area contributed by atoms with E-state index in [4.69, 9.17) is 18.9 Å². The molecule has 2 saturated heterocycles. The van der Waals surface area contributed by atoms with Crippen molar-refractivity contribution in [1.82, 2.24) is 9.80 Å². The smallest absolute Gasteiger partial charge is 0.371 e. The van der Waals surface area contributed by atoms with Crippen LogP contribution >= 0.6 is 0 Å². The third kappa shape index (κ3) is 5.82. The zero-order valence-electron chi connectivity index (χ0n) is 20.6. The van der Waals surface area contributed by atoms with Crippen molar-refractivity contribution in [2.75, 3.05) is 39.4 Å². The van der Waals surface area contributed by atoms with Gasteiger partial charge in [0.2, 0.25) is 0 Å². The lowest BCUT2D eigenvalue weighted by molar-refractivity contribution is -0.300. The second kappa shape index (κ2) is 10.8. The van der Waals surface area contributed by atoms with Crippen LogP contribution in [-0.2, 0) is 28.5 Å². The predicted molar refractivity (Wildman–Crippen MR) is 120 cm³/mol. The fraction of sp³-hybridized carbons (Fsp3) is 0.917. The summed E-state index contributed by atoms with van der Waals surface area (Å²) in [6.07, 6.45) is 4.95. The number of nitrogens with zero attached hydrogens (tertiary/aromatic N) is 2. The fourth-order valence-electron chi connectivity index (χ4n) is 4.96. The van der Waals surface area contributed by atoms with Gasteiger partial charge in [0.25, 0.3) is 5.85 Å². The highest BCUT2D eigenvalue weighted by Crippen LogP contribution is 2.38. The van der Waals surface area contributed by atoms with Crippen LogP contribution in [-0.4, -0.2) is 84.8 Å². The zero-order chi connectivity index (χ0) is 23.4. The maximum atomic E-state index is 13.8. The molecule has 2 aliphatic heterocycles. The lowest BCUT2D eigenvalue weighted by Crippen LogP contribution is -2.74. The van der Waals surface area contributed by atoms with E-state index in [2.05, 4.69) is 9.80 Å². The van der Waals surface area contributed by atoms with E-state index in [1.54, 1.807) is 0 Å². The Kier molecular flexibility index (Phi) is 8.58. The minimum absolute atomic E-state index is 0.0798. The quantitative estimate of drug-likeness (QED) is 0.492. The first-order valence-electron chi connectivity index (χ1n) is 12.4.